The van der Waals surface area contributed by atoms with Gasteiger partial charge in [0.2, 0.25) is 5.91 Å². The second-order valence-corrected chi connectivity index (χ2v) is 9.23. The predicted molar refractivity (Wildman–Crippen MR) is 116 cm³/mol. The topological polar surface area (TPSA) is 52.6 Å². The molecule has 8 heteroatoms. The molecule has 0 spiro atoms. The first-order valence-electron chi connectivity index (χ1n) is 10.8. The summed E-state index contributed by atoms with van der Waals surface area (Å²) in [6.45, 7) is 0.462. The molecule has 1 atom stereocenters. The van der Waals surface area contributed by atoms with E-state index in [1.807, 2.05) is 47.4 Å². The number of likely N-dealkylation sites (tertiary alicyclic amines) is 1. The van der Waals surface area contributed by atoms with E-state index in [1.54, 1.807) is 12.1 Å². The monoisotopic (exact) mass is 466 g/mol. The predicted octanol–water partition coefficient (Wildman–Crippen LogP) is 4.62. The molecule has 1 saturated heterocycles. The first kappa shape index (κ1) is 23.1. The Bertz CT molecular complexity index is 938. The molecule has 0 aromatic heterocycles. The average Bonchev–Trinajstić information content (AvgIpc) is 3.58. The first-order chi connectivity index (χ1) is 15.1. The number of hydrogen-bond acceptors (Lipinski definition) is 3. The second-order valence-electron chi connectivity index (χ2n) is 8.79. The summed E-state index contributed by atoms with van der Waals surface area (Å²) in [6.07, 6.45) is -3.92. The lowest BCUT2D eigenvalue weighted by atomic mass is 9.89. The van der Waals surface area contributed by atoms with E-state index in [4.69, 9.17) is 11.6 Å². The largest absolute Gasteiger partial charge is 0.417 e. The van der Waals surface area contributed by atoms with E-state index in [1.165, 1.54) is 0 Å². The molecule has 32 heavy (non-hydrogen) atoms. The van der Waals surface area contributed by atoms with E-state index in [-0.39, 0.29) is 44.4 Å². The van der Waals surface area contributed by atoms with Crippen molar-refractivity contribution in [2.75, 3.05) is 19.6 Å². The molecule has 1 unspecified atom stereocenters. The summed E-state index contributed by atoms with van der Waals surface area (Å²) in [6, 6.07) is 16.4. The smallest absolute Gasteiger partial charge is 0.380 e. The molecule has 0 bridgehead atoms. The van der Waals surface area contributed by atoms with Crippen molar-refractivity contribution in [2.24, 2.45) is 0 Å². The van der Waals surface area contributed by atoms with Gasteiger partial charge in [-0.05, 0) is 48.9 Å². The Morgan fingerprint density at radius 1 is 1.03 bits per heavy atom. The van der Waals surface area contributed by atoms with Gasteiger partial charge in [-0.25, -0.2) is 0 Å². The minimum atomic E-state index is -4.65. The summed E-state index contributed by atoms with van der Waals surface area (Å²) >= 11 is 5.97. The van der Waals surface area contributed by atoms with Gasteiger partial charge in [-0.2, -0.15) is 13.2 Å². The van der Waals surface area contributed by atoms with E-state index in [2.05, 4.69) is 5.32 Å². The zero-order valence-electron chi connectivity index (χ0n) is 17.5. The van der Waals surface area contributed by atoms with Crippen LogP contribution in [-0.2, 0) is 10.2 Å². The van der Waals surface area contributed by atoms with Crippen LogP contribution in [0.3, 0.4) is 0 Å². The van der Waals surface area contributed by atoms with Gasteiger partial charge in [0.05, 0.1) is 11.5 Å². The number of benzene rings is 2. The number of aliphatic hydroxyl groups is 1. The van der Waals surface area contributed by atoms with Gasteiger partial charge >= 0.3 is 6.18 Å². The molecule has 2 aliphatic rings. The standard InChI is InChI=1S/C24H26ClF3N2O2/c25-19-8-6-18(7-9-19)22(10-11-22)21(31)29-16-20(17-4-2-1-3-5-17)30-14-12-23(32,13-15-30)24(26,27)28/h1-9,20,32H,10-16H2,(H,29,31). The molecule has 2 N–H and O–H groups in total. The van der Waals surface area contributed by atoms with Crippen molar-refractivity contribution in [1.29, 1.82) is 0 Å². The highest BCUT2D eigenvalue weighted by atomic mass is 35.5. The number of halogens is 4. The Morgan fingerprint density at radius 3 is 2.16 bits per heavy atom. The Hall–Kier alpha value is -2.09. The molecule has 172 valence electrons. The van der Waals surface area contributed by atoms with Crippen LogP contribution in [0.1, 0.15) is 42.9 Å². The van der Waals surface area contributed by atoms with Gasteiger partial charge in [-0.1, -0.05) is 54.1 Å². The van der Waals surface area contributed by atoms with Crippen LogP contribution in [0.25, 0.3) is 0 Å². The summed E-state index contributed by atoms with van der Waals surface area (Å²) < 4.78 is 39.7. The number of nitrogens with one attached hydrogen (secondary N) is 1. The Labute approximate surface area is 190 Å². The van der Waals surface area contributed by atoms with Crippen molar-refractivity contribution in [3.05, 3.63) is 70.7 Å². The summed E-state index contributed by atoms with van der Waals surface area (Å²) in [5.41, 5.74) is -1.38. The van der Waals surface area contributed by atoms with Crippen molar-refractivity contribution in [3.63, 3.8) is 0 Å². The van der Waals surface area contributed by atoms with Gasteiger partial charge in [0, 0.05) is 24.7 Å². The van der Waals surface area contributed by atoms with Crippen LogP contribution >= 0.6 is 11.6 Å². The fourth-order valence-corrected chi connectivity index (χ4v) is 4.65. The molecule has 2 fully saturated rings. The number of alkyl halides is 3. The number of amides is 1. The van der Waals surface area contributed by atoms with E-state index in [9.17, 15) is 23.1 Å². The third kappa shape index (κ3) is 4.51. The highest BCUT2D eigenvalue weighted by molar-refractivity contribution is 6.30. The van der Waals surface area contributed by atoms with Crippen molar-refractivity contribution in [2.45, 2.75) is 48.9 Å². The number of piperidine rings is 1. The van der Waals surface area contributed by atoms with Crippen LogP contribution in [0.2, 0.25) is 5.02 Å². The summed E-state index contributed by atoms with van der Waals surface area (Å²) in [7, 11) is 0. The molecular weight excluding hydrogens is 441 g/mol. The third-order valence-electron chi connectivity index (χ3n) is 6.82. The van der Waals surface area contributed by atoms with Crippen LogP contribution in [0.5, 0.6) is 0 Å². The zero-order chi connectivity index (χ0) is 23.0. The maximum absolute atomic E-state index is 13.2. The van der Waals surface area contributed by atoms with Gasteiger partial charge in [0.15, 0.2) is 5.60 Å². The minimum Gasteiger partial charge on any atom is -0.380 e. The van der Waals surface area contributed by atoms with Crippen molar-refractivity contribution < 1.29 is 23.1 Å². The normalized spacial score (nSPS) is 21.0. The lowest BCUT2D eigenvalue weighted by Crippen LogP contribution is -2.54. The lowest BCUT2D eigenvalue weighted by molar-refractivity contribution is -0.273. The van der Waals surface area contributed by atoms with E-state index in [0.29, 0.717) is 5.02 Å². The van der Waals surface area contributed by atoms with Gasteiger partial charge in [0.25, 0.3) is 0 Å². The Morgan fingerprint density at radius 2 is 1.62 bits per heavy atom. The van der Waals surface area contributed by atoms with Crippen LogP contribution in [0.4, 0.5) is 13.2 Å². The molecule has 1 aliphatic carbocycles. The summed E-state index contributed by atoms with van der Waals surface area (Å²) in [5, 5.41) is 13.7. The van der Waals surface area contributed by atoms with Crippen LogP contribution in [0, 0.1) is 0 Å². The molecule has 0 radical (unpaired) electrons. The average molecular weight is 467 g/mol. The van der Waals surface area contributed by atoms with Gasteiger partial charge < -0.3 is 10.4 Å². The SMILES string of the molecule is O=C(NCC(c1ccccc1)N1CCC(O)(C(F)(F)F)CC1)C1(c2ccc(Cl)cc2)CC1. The Balaban J connectivity index is 1.47. The number of carbonyl (C=O) groups excluding carboxylic acids is 1. The van der Waals surface area contributed by atoms with Crippen molar-refractivity contribution in [3.8, 4) is 0 Å². The fraction of sp³-hybridized carbons (Fsp3) is 0.458. The number of carbonyl (C=O) groups is 1. The quantitative estimate of drug-likeness (QED) is 0.653. The molecule has 1 saturated carbocycles. The number of rotatable bonds is 6. The molecule has 1 heterocycles. The second kappa shape index (κ2) is 8.69. The summed E-state index contributed by atoms with van der Waals surface area (Å²) in [4.78, 5) is 15.0. The zero-order valence-corrected chi connectivity index (χ0v) is 18.3. The van der Waals surface area contributed by atoms with Crippen molar-refractivity contribution >= 4 is 17.5 Å². The molecule has 1 aliphatic heterocycles. The number of hydrogen-bond donors (Lipinski definition) is 2. The Kier molecular flexibility index (Phi) is 6.27. The molecule has 4 rings (SSSR count). The fourth-order valence-electron chi connectivity index (χ4n) is 4.52. The van der Waals surface area contributed by atoms with Crippen LogP contribution in [-0.4, -0.2) is 47.3 Å². The molecule has 4 nitrogen and oxygen atoms in total. The van der Waals surface area contributed by atoms with Crippen molar-refractivity contribution in [1.82, 2.24) is 10.2 Å². The molecule has 2 aromatic carbocycles. The highest BCUT2D eigenvalue weighted by Gasteiger charge is 2.55. The first-order valence-corrected chi connectivity index (χ1v) is 11.1. The van der Waals surface area contributed by atoms with Gasteiger partial charge in [0.1, 0.15) is 0 Å². The van der Waals surface area contributed by atoms with Gasteiger partial charge in [-0.15, -0.1) is 0 Å². The third-order valence-corrected chi connectivity index (χ3v) is 7.07. The molecular formula is C24H26ClF3N2O2. The lowest BCUT2D eigenvalue weighted by Gasteiger charge is -2.42. The maximum Gasteiger partial charge on any atom is 0.417 e. The molecule has 2 aromatic rings. The van der Waals surface area contributed by atoms with Gasteiger partial charge in [-0.3, -0.25) is 9.69 Å². The molecule has 1 amide bonds. The van der Waals surface area contributed by atoms with Crippen LogP contribution < -0.4 is 5.32 Å². The van der Waals surface area contributed by atoms with E-state index < -0.39 is 17.2 Å². The maximum atomic E-state index is 13.2. The van der Waals surface area contributed by atoms with E-state index in [0.717, 1.165) is 24.0 Å². The summed E-state index contributed by atoms with van der Waals surface area (Å²) in [5.74, 6) is -0.0791. The van der Waals surface area contributed by atoms with Crippen LogP contribution in [0.15, 0.2) is 54.6 Å². The number of nitrogens with zero attached hydrogens (tertiary/aromatic N) is 1. The van der Waals surface area contributed by atoms with E-state index >= 15 is 0 Å². The minimum absolute atomic E-state index is 0.0791. The highest BCUT2D eigenvalue weighted by Crippen LogP contribution is 2.48.